The molecule has 1 atom stereocenters. The molecule has 2 rings (SSSR count). The first kappa shape index (κ1) is 19.1. The van der Waals surface area contributed by atoms with Crippen LogP contribution in [0.2, 0.25) is 0 Å². The van der Waals surface area contributed by atoms with Crippen molar-refractivity contribution in [3.8, 4) is 0 Å². The van der Waals surface area contributed by atoms with Gasteiger partial charge < -0.3 is 10.1 Å². The second kappa shape index (κ2) is 9.93. The van der Waals surface area contributed by atoms with E-state index in [1.54, 1.807) is 6.08 Å². The van der Waals surface area contributed by atoms with Crippen LogP contribution < -0.4 is 5.32 Å². The fourth-order valence-electron chi connectivity index (χ4n) is 2.30. The number of hydrogen-bond acceptors (Lipinski definition) is 4. The van der Waals surface area contributed by atoms with E-state index in [2.05, 4.69) is 5.32 Å². The highest BCUT2D eigenvalue weighted by molar-refractivity contribution is 5.91. The zero-order valence-corrected chi connectivity index (χ0v) is 14.6. The minimum Gasteiger partial charge on any atom is -0.452 e. The molecule has 1 N–H and O–H groups in total. The van der Waals surface area contributed by atoms with Gasteiger partial charge in [-0.2, -0.15) is 0 Å². The molecule has 1 amide bonds. The molecule has 0 bridgehead atoms. The number of carbonyl (C=O) groups excluding carboxylic acids is 3. The topological polar surface area (TPSA) is 72.5 Å². The van der Waals surface area contributed by atoms with Gasteiger partial charge in [-0.1, -0.05) is 60.7 Å². The summed E-state index contributed by atoms with van der Waals surface area (Å²) in [5, 5.41) is 2.60. The number of ketones is 1. The van der Waals surface area contributed by atoms with Gasteiger partial charge in [0.1, 0.15) is 0 Å². The number of ether oxygens (including phenoxy) is 1. The molecular weight excluding hydrogens is 330 g/mol. The van der Waals surface area contributed by atoms with Gasteiger partial charge in [0, 0.05) is 6.08 Å². The van der Waals surface area contributed by atoms with Crippen molar-refractivity contribution in [3.05, 3.63) is 77.9 Å². The highest BCUT2D eigenvalue weighted by atomic mass is 16.5. The van der Waals surface area contributed by atoms with E-state index in [0.29, 0.717) is 6.42 Å². The predicted octanol–water partition coefficient (Wildman–Crippen LogP) is 2.56. The number of carbonyl (C=O) groups is 3. The Bertz CT molecular complexity index is 769. The summed E-state index contributed by atoms with van der Waals surface area (Å²) in [4.78, 5) is 35.4. The maximum Gasteiger partial charge on any atom is 0.331 e. The van der Waals surface area contributed by atoms with Gasteiger partial charge in [0.05, 0.1) is 6.04 Å². The molecule has 0 aliphatic heterocycles. The van der Waals surface area contributed by atoms with Crippen LogP contribution in [0.5, 0.6) is 0 Å². The Morgan fingerprint density at radius 1 is 1.00 bits per heavy atom. The second-order valence-electron chi connectivity index (χ2n) is 5.77. The van der Waals surface area contributed by atoms with Crippen molar-refractivity contribution in [2.45, 2.75) is 19.4 Å². The molecule has 5 heteroatoms. The summed E-state index contributed by atoms with van der Waals surface area (Å²) in [6, 6.07) is 18.0. The van der Waals surface area contributed by atoms with Crippen molar-refractivity contribution in [1.82, 2.24) is 5.32 Å². The first-order valence-corrected chi connectivity index (χ1v) is 8.28. The zero-order valence-electron chi connectivity index (χ0n) is 14.6. The summed E-state index contributed by atoms with van der Waals surface area (Å²) in [5.41, 5.74) is 1.80. The summed E-state index contributed by atoms with van der Waals surface area (Å²) < 4.78 is 4.91. The minimum atomic E-state index is -0.650. The van der Waals surface area contributed by atoms with Crippen LogP contribution in [-0.2, 0) is 25.5 Å². The van der Waals surface area contributed by atoms with Crippen molar-refractivity contribution in [1.29, 1.82) is 0 Å². The van der Waals surface area contributed by atoms with Crippen molar-refractivity contribution in [3.63, 3.8) is 0 Å². The lowest BCUT2D eigenvalue weighted by atomic mass is 10.0. The van der Waals surface area contributed by atoms with Gasteiger partial charge in [0.25, 0.3) is 5.91 Å². The van der Waals surface area contributed by atoms with Gasteiger partial charge in [-0.3, -0.25) is 9.59 Å². The van der Waals surface area contributed by atoms with E-state index >= 15 is 0 Å². The van der Waals surface area contributed by atoms with Crippen LogP contribution in [0.1, 0.15) is 18.1 Å². The molecule has 0 radical (unpaired) electrons. The third-order valence-corrected chi connectivity index (χ3v) is 3.67. The Kier molecular flexibility index (Phi) is 7.31. The monoisotopic (exact) mass is 351 g/mol. The number of benzene rings is 2. The van der Waals surface area contributed by atoms with Gasteiger partial charge in [0.15, 0.2) is 12.4 Å². The zero-order chi connectivity index (χ0) is 18.8. The largest absolute Gasteiger partial charge is 0.452 e. The molecule has 0 unspecified atom stereocenters. The van der Waals surface area contributed by atoms with Gasteiger partial charge >= 0.3 is 5.97 Å². The molecular formula is C21H21NO4. The van der Waals surface area contributed by atoms with Crippen LogP contribution in [0.15, 0.2) is 66.7 Å². The molecule has 0 aliphatic carbocycles. The van der Waals surface area contributed by atoms with Gasteiger partial charge in [-0.05, 0) is 30.5 Å². The number of rotatable bonds is 8. The molecule has 5 nitrogen and oxygen atoms in total. The molecule has 0 fully saturated rings. The molecule has 26 heavy (non-hydrogen) atoms. The molecule has 0 saturated heterocycles. The first-order valence-electron chi connectivity index (χ1n) is 8.28. The number of nitrogens with one attached hydrogen (secondary N) is 1. The Morgan fingerprint density at radius 3 is 2.23 bits per heavy atom. The molecule has 0 heterocycles. The van der Waals surface area contributed by atoms with Crippen molar-refractivity contribution >= 4 is 23.7 Å². The number of Topliss-reactive ketones (excluding diaryl/α,β-unsaturated/α-hetero) is 1. The van der Waals surface area contributed by atoms with E-state index in [0.717, 1.165) is 11.1 Å². The Labute approximate surface area is 152 Å². The van der Waals surface area contributed by atoms with Crippen LogP contribution in [0.25, 0.3) is 6.08 Å². The Morgan fingerprint density at radius 2 is 1.62 bits per heavy atom. The van der Waals surface area contributed by atoms with Gasteiger partial charge in [-0.15, -0.1) is 0 Å². The highest BCUT2D eigenvalue weighted by Gasteiger charge is 2.18. The summed E-state index contributed by atoms with van der Waals surface area (Å²) in [5.74, 6) is -1.29. The number of hydrogen-bond donors (Lipinski definition) is 1. The lowest BCUT2D eigenvalue weighted by molar-refractivity contribution is -0.144. The molecule has 0 spiro atoms. The maximum atomic E-state index is 12.0. The molecule has 0 aromatic heterocycles. The maximum absolute atomic E-state index is 12.0. The van der Waals surface area contributed by atoms with Crippen LogP contribution in [-0.4, -0.2) is 30.3 Å². The molecule has 0 aliphatic rings. The highest BCUT2D eigenvalue weighted by Crippen LogP contribution is 2.04. The number of esters is 1. The van der Waals surface area contributed by atoms with Crippen molar-refractivity contribution in [2.24, 2.45) is 0 Å². The van der Waals surface area contributed by atoms with E-state index < -0.39 is 24.5 Å². The fourth-order valence-corrected chi connectivity index (χ4v) is 2.30. The summed E-state index contributed by atoms with van der Waals surface area (Å²) in [7, 11) is 0. The van der Waals surface area contributed by atoms with E-state index in [-0.39, 0.29) is 5.78 Å². The van der Waals surface area contributed by atoms with Crippen LogP contribution in [0.3, 0.4) is 0 Å². The minimum absolute atomic E-state index is 0.155. The standard InChI is InChI=1S/C21H21NO4/c1-16(23)19(14-18-10-6-3-7-11-18)22-20(24)15-26-21(25)13-12-17-8-4-2-5-9-17/h2-13,19H,14-15H2,1H3,(H,22,24)/b13-12+/t19-/m1/s1. The quantitative estimate of drug-likeness (QED) is 0.586. The average molecular weight is 351 g/mol. The van der Waals surface area contributed by atoms with E-state index in [1.165, 1.54) is 13.0 Å². The van der Waals surface area contributed by atoms with Gasteiger partial charge in [0.2, 0.25) is 0 Å². The van der Waals surface area contributed by atoms with Crippen LogP contribution in [0.4, 0.5) is 0 Å². The van der Waals surface area contributed by atoms with Crippen molar-refractivity contribution in [2.75, 3.05) is 6.61 Å². The van der Waals surface area contributed by atoms with Gasteiger partial charge in [-0.25, -0.2) is 4.79 Å². The van der Waals surface area contributed by atoms with E-state index in [1.807, 2.05) is 60.7 Å². The third kappa shape index (κ3) is 6.73. The lowest BCUT2D eigenvalue weighted by Gasteiger charge is -2.16. The summed E-state index contributed by atoms with van der Waals surface area (Å²) >= 11 is 0. The molecule has 134 valence electrons. The van der Waals surface area contributed by atoms with Crippen LogP contribution >= 0.6 is 0 Å². The van der Waals surface area contributed by atoms with Crippen LogP contribution in [0, 0.1) is 0 Å². The SMILES string of the molecule is CC(=O)[C@@H](Cc1ccccc1)NC(=O)COC(=O)/C=C/c1ccccc1. The third-order valence-electron chi connectivity index (χ3n) is 3.67. The first-order chi connectivity index (χ1) is 12.5. The second-order valence-corrected chi connectivity index (χ2v) is 5.77. The summed E-state index contributed by atoms with van der Waals surface area (Å²) in [6.07, 6.45) is 3.26. The van der Waals surface area contributed by atoms with E-state index in [4.69, 9.17) is 4.74 Å². The molecule has 2 aromatic carbocycles. The fraction of sp³-hybridized carbons (Fsp3) is 0.190. The Hall–Kier alpha value is -3.21. The lowest BCUT2D eigenvalue weighted by Crippen LogP contribution is -2.43. The predicted molar refractivity (Wildman–Crippen MR) is 99.2 cm³/mol. The molecule has 2 aromatic rings. The Balaban J connectivity index is 1.81. The normalized spacial score (nSPS) is 11.7. The molecule has 0 saturated carbocycles. The number of amides is 1. The van der Waals surface area contributed by atoms with E-state index in [9.17, 15) is 14.4 Å². The van der Waals surface area contributed by atoms with Crippen molar-refractivity contribution < 1.29 is 19.1 Å². The smallest absolute Gasteiger partial charge is 0.331 e. The summed E-state index contributed by atoms with van der Waals surface area (Å²) in [6.45, 7) is 0.985. The average Bonchev–Trinajstić information content (AvgIpc) is 2.66.